The highest BCUT2D eigenvalue weighted by Gasteiger charge is 2.32. The number of ether oxygens (including phenoxy) is 4. The second kappa shape index (κ2) is 14.5. The molecule has 3 N–H and O–H groups in total. The van der Waals surface area contributed by atoms with Crippen LogP contribution in [0.25, 0.3) is 0 Å². The molecule has 0 saturated carbocycles. The first kappa shape index (κ1) is 30.6. The number of hydrazone groups is 1. The first-order chi connectivity index (χ1) is 20.8. The van der Waals surface area contributed by atoms with Crippen molar-refractivity contribution in [2.24, 2.45) is 5.10 Å². The van der Waals surface area contributed by atoms with E-state index in [9.17, 15) is 18.8 Å². The number of carbonyl (C=O) groups is 3. The zero-order valence-electron chi connectivity index (χ0n) is 23.8. The van der Waals surface area contributed by atoms with E-state index in [4.69, 9.17) is 18.9 Å². The molecule has 0 aliphatic carbocycles. The van der Waals surface area contributed by atoms with Crippen molar-refractivity contribution < 1.29 is 37.7 Å². The summed E-state index contributed by atoms with van der Waals surface area (Å²) >= 11 is 0. The summed E-state index contributed by atoms with van der Waals surface area (Å²) in [6.07, 6.45) is 1.44. The summed E-state index contributed by atoms with van der Waals surface area (Å²) < 4.78 is 35.7. The predicted molar refractivity (Wildman–Crippen MR) is 155 cm³/mol. The van der Waals surface area contributed by atoms with Crippen molar-refractivity contribution in [2.45, 2.75) is 26.5 Å². The van der Waals surface area contributed by atoms with E-state index in [1.54, 1.807) is 74.5 Å². The topological polar surface area (TPSA) is 137 Å². The number of allylic oxidation sites excluding steroid dienone is 1. The highest BCUT2D eigenvalue weighted by atomic mass is 19.1. The van der Waals surface area contributed by atoms with Crippen molar-refractivity contribution in [1.29, 1.82) is 0 Å². The van der Waals surface area contributed by atoms with E-state index in [1.165, 1.54) is 19.4 Å². The Bertz CT molecular complexity index is 1560. The van der Waals surface area contributed by atoms with Gasteiger partial charge < -0.3 is 29.6 Å². The zero-order valence-corrected chi connectivity index (χ0v) is 23.8. The molecule has 0 unspecified atom stereocenters. The van der Waals surface area contributed by atoms with Gasteiger partial charge in [-0.2, -0.15) is 5.10 Å². The normalized spacial score (nSPS) is 14.5. The molecule has 12 heteroatoms. The largest absolute Gasteiger partial charge is 0.493 e. The predicted octanol–water partition coefficient (Wildman–Crippen LogP) is 4.13. The Morgan fingerprint density at radius 3 is 2.63 bits per heavy atom. The molecule has 11 nitrogen and oxygen atoms in total. The Labute approximate surface area is 247 Å². The molecule has 43 heavy (non-hydrogen) atoms. The van der Waals surface area contributed by atoms with Gasteiger partial charge in [-0.1, -0.05) is 36.4 Å². The monoisotopic (exact) mass is 590 g/mol. The molecule has 1 heterocycles. The highest BCUT2D eigenvalue weighted by Crippen LogP contribution is 2.34. The van der Waals surface area contributed by atoms with Crippen LogP contribution < -0.4 is 30.3 Å². The third kappa shape index (κ3) is 8.09. The lowest BCUT2D eigenvalue weighted by molar-refractivity contribution is -0.139. The Balaban J connectivity index is 1.34. The van der Waals surface area contributed by atoms with Crippen molar-refractivity contribution in [3.05, 3.63) is 101 Å². The molecule has 0 radical (unpaired) electrons. The second-order valence-electron chi connectivity index (χ2n) is 9.24. The SMILES string of the molecule is CCOC(=O)C1=C(C)NC(=O)N[C@H]1c1ccc(OCC(=O)N/N=C/c2cccc(OCc3ccccc3F)c2)c(OC)c1. The minimum Gasteiger partial charge on any atom is -0.493 e. The first-order valence-corrected chi connectivity index (χ1v) is 13.3. The number of amides is 3. The molecule has 0 spiro atoms. The van der Waals surface area contributed by atoms with Crippen LogP contribution in [-0.4, -0.2) is 44.4 Å². The van der Waals surface area contributed by atoms with E-state index in [1.807, 2.05) is 0 Å². The van der Waals surface area contributed by atoms with Crippen LogP contribution in [0, 0.1) is 5.82 Å². The number of rotatable bonds is 12. The van der Waals surface area contributed by atoms with Gasteiger partial charge in [0.25, 0.3) is 5.91 Å². The highest BCUT2D eigenvalue weighted by molar-refractivity contribution is 5.95. The number of carbonyl (C=O) groups excluding carboxylic acids is 3. The van der Waals surface area contributed by atoms with Gasteiger partial charge in [0.05, 0.1) is 31.5 Å². The summed E-state index contributed by atoms with van der Waals surface area (Å²) in [6, 6.07) is 16.9. The maximum Gasteiger partial charge on any atom is 0.338 e. The number of esters is 1. The smallest absolute Gasteiger partial charge is 0.338 e. The van der Waals surface area contributed by atoms with Crippen LogP contribution in [0.2, 0.25) is 0 Å². The third-order valence-corrected chi connectivity index (χ3v) is 6.26. The molecule has 3 aromatic carbocycles. The van der Waals surface area contributed by atoms with Gasteiger partial charge in [-0.05, 0) is 55.3 Å². The molecular weight excluding hydrogens is 559 g/mol. The number of hydrogen-bond acceptors (Lipinski definition) is 8. The average molecular weight is 591 g/mol. The fourth-order valence-electron chi connectivity index (χ4n) is 4.22. The van der Waals surface area contributed by atoms with Gasteiger partial charge in [0, 0.05) is 11.3 Å². The Hall–Kier alpha value is -5.39. The molecule has 0 aromatic heterocycles. The lowest BCUT2D eigenvalue weighted by Crippen LogP contribution is -2.45. The number of halogens is 1. The molecular formula is C31H31FN4O7. The van der Waals surface area contributed by atoms with Gasteiger partial charge in [0.15, 0.2) is 18.1 Å². The lowest BCUT2D eigenvalue weighted by atomic mass is 9.95. The Kier molecular flexibility index (Phi) is 10.3. The number of benzene rings is 3. The number of methoxy groups -OCH3 is 1. The number of urea groups is 1. The summed E-state index contributed by atoms with van der Waals surface area (Å²) in [6.45, 7) is 3.19. The summed E-state index contributed by atoms with van der Waals surface area (Å²) in [5.41, 5.74) is 4.67. The van der Waals surface area contributed by atoms with E-state index >= 15 is 0 Å². The van der Waals surface area contributed by atoms with E-state index < -0.39 is 23.9 Å². The first-order valence-electron chi connectivity index (χ1n) is 13.3. The summed E-state index contributed by atoms with van der Waals surface area (Å²) in [5, 5.41) is 9.26. The molecule has 0 fully saturated rings. The van der Waals surface area contributed by atoms with Crippen molar-refractivity contribution >= 4 is 24.1 Å². The molecule has 0 bridgehead atoms. The molecule has 1 aliphatic heterocycles. The Morgan fingerprint density at radius 2 is 1.86 bits per heavy atom. The maximum absolute atomic E-state index is 13.8. The molecule has 3 aromatic rings. The molecule has 1 aliphatic rings. The fraction of sp³-hybridized carbons (Fsp3) is 0.226. The van der Waals surface area contributed by atoms with Crippen molar-refractivity contribution in [2.75, 3.05) is 20.3 Å². The van der Waals surface area contributed by atoms with E-state index in [0.717, 1.165) is 0 Å². The van der Waals surface area contributed by atoms with Gasteiger partial charge >= 0.3 is 12.0 Å². The standard InChI is InChI=1S/C31H31FN4O7/c1-4-41-30(38)28-19(2)34-31(39)35-29(28)21-12-13-25(26(15-21)40-3)43-18-27(37)36-33-16-20-8-7-10-23(14-20)42-17-22-9-5-6-11-24(22)32/h5-16,29H,4,17-18H2,1-3H3,(H,36,37)(H2,34,35,39)/b33-16+/t29-/m0/s1. The number of nitrogens with zero attached hydrogens (tertiary/aromatic N) is 1. The molecule has 1 atom stereocenters. The number of hydrogen-bond donors (Lipinski definition) is 3. The summed E-state index contributed by atoms with van der Waals surface area (Å²) in [4.78, 5) is 37.1. The van der Waals surface area contributed by atoms with Gasteiger partial charge in [0.1, 0.15) is 18.2 Å². The van der Waals surface area contributed by atoms with Crippen LogP contribution in [0.1, 0.15) is 36.6 Å². The third-order valence-electron chi connectivity index (χ3n) is 6.26. The van der Waals surface area contributed by atoms with E-state index in [2.05, 4.69) is 21.2 Å². The average Bonchev–Trinajstić information content (AvgIpc) is 2.99. The van der Waals surface area contributed by atoms with Gasteiger partial charge in [-0.3, -0.25) is 4.79 Å². The minimum atomic E-state index is -0.781. The van der Waals surface area contributed by atoms with Gasteiger partial charge in [-0.15, -0.1) is 0 Å². The maximum atomic E-state index is 13.8. The van der Waals surface area contributed by atoms with Gasteiger partial charge in [0.2, 0.25) is 0 Å². The second-order valence-corrected chi connectivity index (χ2v) is 9.24. The summed E-state index contributed by atoms with van der Waals surface area (Å²) in [7, 11) is 1.43. The van der Waals surface area contributed by atoms with Crippen LogP contribution >= 0.6 is 0 Å². The van der Waals surface area contributed by atoms with Crippen LogP contribution in [0.15, 0.2) is 83.1 Å². The van der Waals surface area contributed by atoms with Crippen LogP contribution in [-0.2, 0) is 20.9 Å². The quantitative estimate of drug-likeness (QED) is 0.164. The molecule has 3 amide bonds. The summed E-state index contributed by atoms with van der Waals surface area (Å²) in [5.74, 6) is -0.358. The van der Waals surface area contributed by atoms with Crippen LogP contribution in [0.4, 0.5) is 9.18 Å². The van der Waals surface area contributed by atoms with E-state index in [0.29, 0.717) is 28.1 Å². The molecule has 224 valence electrons. The Morgan fingerprint density at radius 1 is 1.05 bits per heavy atom. The van der Waals surface area contributed by atoms with Crippen molar-refractivity contribution in [1.82, 2.24) is 16.1 Å². The van der Waals surface area contributed by atoms with Crippen molar-refractivity contribution in [3.8, 4) is 17.2 Å². The molecule has 4 rings (SSSR count). The fourth-order valence-corrected chi connectivity index (χ4v) is 4.22. The number of nitrogens with one attached hydrogen (secondary N) is 3. The van der Waals surface area contributed by atoms with Crippen LogP contribution in [0.3, 0.4) is 0 Å². The van der Waals surface area contributed by atoms with Gasteiger partial charge in [-0.25, -0.2) is 19.4 Å². The lowest BCUT2D eigenvalue weighted by Gasteiger charge is -2.28. The minimum absolute atomic E-state index is 0.0706. The van der Waals surface area contributed by atoms with E-state index in [-0.39, 0.29) is 42.7 Å². The van der Waals surface area contributed by atoms with Crippen LogP contribution in [0.5, 0.6) is 17.2 Å². The zero-order chi connectivity index (χ0) is 30.8. The van der Waals surface area contributed by atoms with Crippen molar-refractivity contribution in [3.63, 3.8) is 0 Å². The molecule has 0 saturated heterocycles.